The number of hydrogen-bond donors (Lipinski definition) is 1. The summed E-state index contributed by atoms with van der Waals surface area (Å²) in [7, 11) is 0. The van der Waals surface area contributed by atoms with E-state index in [1.54, 1.807) is 4.57 Å². The highest BCUT2D eigenvalue weighted by atomic mass is 19.4. The first-order valence-corrected chi connectivity index (χ1v) is 9.43. The molecule has 2 aromatic rings. The molecule has 3 heterocycles. The second-order valence-corrected chi connectivity index (χ2v) is 7.77. The van der Waals surface area contributed by atoms with E-state index in [1.165, 1.54) is 18.3 Å². The normalized spacial score (nSPS) is 22.5. The summed E-state index contributed by atoms with van der Waals surface area (Å²) in [5.41, 5.74) is 2.55. The molecule has 1 saturated heterocycles. The summed E-state index contributed by atoms with van der Waals surface area (Å²) >= 11 is 0. The van der Waals surface area contributed by atoms with E-state index in [1.807, 2.05) is 11.9 Å². The van der Waals surface area contributed by atoms with Crippen LogP contribution in [0.5, 0.6) is 6.01 Å². The topological polar surface area (TPSA) is 88.7 Å². The SMILES string of the molecule is C[C@]1(CN2CCN(Nc3ccc(C(F)(F)F)cc3)CC2)Cn2cc([N+](=O)[O-])nc2O1. The van der Waals surface area contributed by atoms with Crippen LogP contribution in [0.4, 0.5) is 24.7 Å². The number of piperazine rings is 1. The summed E-state index contributed by atoms with van der Waals surface area (Å²) < 4.78 is 45.5. The quantitative estimate of drug-likeness (QED) is 0.581. The van der Waals surface area contributed by atoms with Crippen molar-refractivity contribution < 1.29 is 22.8 Å². The van der Waals surface area contributed by atoms with E-state index in [0.717, 1.165) is 25.2 Å². The molecule has 0 unspecified atom stereocenters. The number of fused-ring (bicyclic) bond motifs is 1. The molecular weight excluding hydrogens is 405 g/mol. The number of benzene rings is 1. The number of ether oxygens (including phenoxy) is 1. The van der Waals surface area contributed by atoms with E-state index in [0.29, 0.717) is 31.9 Å². The summed E-state index contributed by atoms with van der Waals surface area (Å²) in [6.45, 7) is 5.93. The van der Waals surface area contributed by atoms with Gasteiger partial charge in [-0.05, 0) is 36.1 Å². The van der Waals surface area contributed by atoms with Crippen LogP contribution in [-0.4, -0.2) is 62.7 Å². The van der Waals surface area contributed by atoms with E-state index < -0.39 is 22.3 Å². The van der Waals surface area contributed by atoms with Gasteiger partial charge in [-0.2, -0.15) is 13.2 Å². The van der Waals surface area contributed by atoms with Crippen molar-refractivity contribution in [2.45, 2.75) is 25.2 Å². The third-order valence-electron chi connectivity index (χ3n) is 5.19. The fourth-order valence-electron chi connectivity index (χ4n) is 3.77. The Morgan fingerprint density at radius 3 is 2.47 bits per heavy atom. The zero-order valence-corrected chi connectivity index (χ0v) is 16.2. The van der Waals surface area contributed by atoms with E-state index in [4.69, 9.17) is 4.74 Å². The minimum atomic E-state index is -4.34. The van der Waals surface area contributed by atoms with Crippen molar-refractivity contribution in [3.05, 3.63) is 46.1 Å². The molecule has 1 fully saturated rings. The molecule has 0 radical (unpaired) electrons. The van der Waals surface area contributed by atoms with Gasteiger partial charge in [-0.1, -0.05) is 0 Å². The van der Waals surface area contributed by atoms with Crippen LogP contribution in [-0.2, 0) is 12.7 Å². The number of imidazole rings is 1. The molecule has 2 aliphatic heterocycles. The lowest BCUT2D eigenvalue weighted by Crippen LogP contribution is -2.53. The summed E-state index contributed by atoms with van der Waals surface area (Å²) in [6, 6.07) is 5.22. The Bertz CT molecular complexity index is 899. The number of alkyl halides is 3. The lowest BCUT2D eigenvalue weighted by Gasteiger charge is -2.38. The molecule has 12 heteroatoms. The molecule has 1 aromatic heterocycles. The Balaban J connectivity index is 1.27. The number of aromatic nitrogens is 2. The van der Waals surface area contributed by atoms with Crippen molar-refractivity contribution in [3.63, 3.8) is 0 Å². The van der Waals surface area contributed by atoms with Crippen molar-refractivity contribution in [1.82, 2.24) is 19.5 Å². The third-order valence-corrected chi connectivity index (χ3v) is 5.19. The van der Waals surface area contributed by atoms with Crippen LogP contribution in [0.3, 0.4) is 0 Å². The van der Waals surface area contributed by atoms with Crippen LogP contribution in [0.15, 0.2) is 30.5 Å². The first kappa shape index (κ1) is 20.4. The smallest absolute Gasteiger partial charge is 0.416 e. The summed E-state index contributed by atoms with van der Waals surface area (Å²) in [6.07, 6.45) is -2.96. The van der Waals surface area contributed by atoms with Crippen molar-refractivity contribution in [3.8, 4) is 6.01 Å². The average Bonchev–Trinajstić information content (AvgIpc) is 3.18. The molecular formula is C18H21F3N6O3. The fraction of sp³-hybridized carbons (Fsp3) is 0.500. The van der Waals surface area contributed by atoms with Crippen molar-refractivity contribution >= 4 is 11.5 Å². The van der Waals surface area contributed by atoms with Gasteiger partial charge in [-0.25, -0.2) is 5.01 Å². The van der Waals surface area contributed by atoms with Crippen molar-refractivity contribution in [2.24, 2.45) is 0 Å². The number of nitro groups is 1. The van der Waals surface area contributed by atoms with Gasteiger partial charge >= 0.3 is 18.0 Å². The molecule has 2 aliphatic rings. The number of anilines is 1. The Labute approximate surface area is 170 Å². The van der Waals surface area contributed by atoms with E-state index in [-0.39, 0.29) is 11.8 Å². The Morgan fingerprint density at radius 1 is 1.23 bits per heavy atom. The van der Waals surface area contributed by atoms with Gasteiger partial charge in [0, 0.05) is 43.4 Å². The standard InChI is InChI=1S/C18H21F3N6O3/c1-17(12-25-10-15(27(28)29)22-16(25)30-17)11-24-6-8-26(9-7-24)23-14-4-2-13(3-5-14)18(19,20)21/h2-5,10,23H,6-9,11-12H2,1H3/t17-/m0/s1. The molecule has 9 nitrogen and oxygen atoms in total. The fourth-order valence-corrected chi connectivity index (χ4v) is 3.77. The monoisotopic (exact) mass is 426 g/mol. The molecule has 0 bridgehead atoms. The highest BCUT2D eigenvalue weighted by Crippen LogP contribution is 2.32. The second kappa shape index (κ2) is 7.43. The third kappa shape index (κ3) is 4.33. The summed E-state index contributed by atoms with van der Waals surface area (Å²) in [5.74, 6) is -0.227. The minimum Gasteiger partial charge on any atom is -0.436 e. The molecule has 4 rings (SSSR count). The maximum absolute atomic E-state index is 12.7. The average molecular weight is 426 g/mol. The van der Waals surface area contributed by atoms with E-state index in [2.05, 4.69) is 15.3 Å². The molecule has 1 N–H and O–H groups in total. The number of nitrogens with one attached hydrogen (secondary N) is 1. The van der Waals surface area contributed by atoms with Crippen LogP contribution >= 0.6 is 0 Å². The predicted molar refractivity (Wildman–Crippen MR) is 101 cm³/mol. The molecule has 0 saturated carbocycles. The zero-order chi connectivity index (χ0) is 21.5. The Kier molecular flexibility index (Phi) is 5.06. The van der Waals surface area contributed by atoms with Gasteiger partial charge in [0.2, 0.25) is 0 Å². The van der Waals surface area contributed by atoms with E-state index >= 15 is 0 Å². The van der Waals surface area contributed by atoms with Crippen LogP contribution in [0.25, 0.3) is 0 Å². The van der Waals surface area contributed by atoms with Crippen molar-refractivity contribution in [2.75, 3.05) is 38.1 Å². The van der Waals surface area contributed by atoms with Crippen LogP contribution < -0.4 is 10.2 Å². The Morgan fingerprint density at radius 2 is 1.90 bits per heavy atom. The number of rotatable bonds is 5. The molecule has 30 heavy (non-hydrogen) atoms. The predicted octanol–water partition coefficient (Wildman–Crippen LogP) is 2.61. The number of hydrazine groups is 1. The first-order valence-electron chi connectivity index (χ1n) is 9.43. The highest BCUT2D eigenvalue weighted by Gasteiger charge is 2.41. The molecule has 1 aromatic carbocycles. The van der Waals surface area contributed by atoms with Gasteiger partial charge in [0.25, 0.3) is 0 Å². The number of hydrogen-bond acceptors (Lipinski definition) is 7. The number of nitrogens with zero attached hydrogens (tertiary/aromatic N) is 5. The zero-order valence-electron chi connectivity index (χ0n) is 16.2. The largest absolute Gasteiger partial charge is 0.436 e. The number of halogens is 3. The lowest BCUT2D eigenvalue weighted by atomic mass is 10.1. The van der Waals surface area contributed by atoms with Gasteiger partial charge in [0.05, 0.1) is 12.1 Å². The van der Waals surface area contributed by atoms with E-state index in [9.17, 15) is 23.3 Å². The van der Waals surface area contributed by atoms with Crippen LogP contribution in [0.2, 0.25) is 0 Å². The lowest BCUT2D eigenvalue weighted by molar-refractivity contribution is -0.389. The summed E-state index contributed by atoms with van der Waals surface area (Å²) in [4.78, 5) is 16.4. The van der Waals surface area contributed by atoms with Gasteiger partial charge < -0.3 is 20.3 Å². The van der Waals surface area contributed by atoms with Crippen LogP contribution in [0, 0.1) is 10.1 Å². The highest BCUT2D eigenvalue weighted by molar-refractivity contribution is 5.44. The molecule has 162 valence electrons. The Hall–Kier alpha value is -2.86. The molecule has 1 atom stereocenters. The first-order chi connectivity index (χ1) is 14.1. The van der Waals surface area contributed by atoms with Gasteiger partial charge in [-0.3, -0.25) is 9.47 Å². The molecule has 0 amide bonds. The molecule has 0 spiro atoms. The summed E-state index contributed by atoms with van der Waals surface area (Å²) in [5, 5.41) is 12.8. The van der Waals surface area contributed by atoms with Crippen molar-refractivity contribution in [1.29, 1.82) is 0 Å². The van der Waals surface area contributed by atoms with Crippen LogP contribution in [0.1, 0.15) is 12.5 Å². The van der Waals surface area contributed by atoms with Gasteiger partial charge in [0.1, 0.15) is 11.8 Å². The second-order valence-electron chi connectivity index (χ2n) is 7.77. The maximum Gasteiger partial charge on any atom is 0.416 e. The maximum atomic E-state index is 12.7. The minimum absolute atomic E-state index is 0.227. The molecule has 0 aliphatic carbocycles. The van der Waals surface area contributed by atoms with Gasteiger partial charge in [0.15, 0.2) is 0 Å². The van der Waals surface area contributed by atoms with Gasteiger partial charge in [-0.15, -0.1) is 0 Å².